The van der Waals surface area contributed by atoms with Crippen LogP contribution in [0.2, 0.25) is 0 Å². The Balaban J connectivity index is 5.12. The van der Waals surface area contributed by atoms with Crippen molar-refractivity contribution in [3.8, 4) is 0 Å². The minimum atomic E-state index is -8.77. The summed E-state index contributed by atoms with van der Waals surface area (Å²) in [7, 11) is 0. The predicted molar refractivity (Wildman–Crippen MR) is 163 cm³/mol. The average Bonchev–Trinajstić information content (AvgIpc) is 3.15. The van der Waals surface area contributed by atoms with Crippen LogP contribution in [0.5, 0.6) is 0 Å². The third-order valence-corrected chi connectivity index (χ3v) is 9.66. The normalized spacial score (nSPS) is 15.7. The molecule has 0 aromatic rings. The second kappa shape index (κ2) is 20.1. The molecule has 0 aliphatic heterocycles. The molecule has 68 heavy (non-hydrogen) atoms. The molecule has 0 spiro atoms. The van der Waals surface area contributed by atoms with Crippen molar-refractivity contribution in [2.45, 2.75) is 158 Å². The van der Waals surface area contributed by atoms with Gasteiger partial charge in [0.25, 0.3) is 11.8 Å². The van der Waals surface area contributed by atoms with Gasteiger partial charge in [-0.1, -0.05) is 51.4 Å². The van der Waals surface area contributed by atoms with E-state index < -0.39 is 131 Å². The molecule has 0 unspecified atom stereocenters. The van der Waals surface area contributed by atoms with Gasteiger partial charge in [0, 0.05) is 13.1 Å². The number of hydrogen-bond acceptors (Lipinski definition) is 2. The molecule has 0 fully saturated rings. The lowest BCUT2D eigenvalue weighted by Gasteiger charge is -2.42. The van der Waals surface area contributed by atoms with Crippen LogP contribution in [0, 0.1) is 0 Å². The molecule has 38 heteroatoms. The van der Waals surface area contributed by atoms with Crippen molar-refractivity contribution in [3.63, 3.8) is 0 Å². The molecule has 0 heterocycles. The van der Waals surface area contributed by atoms with Crippen molar-refractivity contribution in [1.82, 2.24) is 10.6 Å². The zero-order valence-electron chi connectivity index (χ0n) is 32.2. The smallest absolute Gasteiger partial charge is 0.351 e. The number of carbonyl (C=O) groups excluding carboxylic acids is 2. The summed E-state index contributed by atoms with van der Waals surface area (Å²) in [5.74, 6) is -123. The monoisotopic (exact) mass is 1120 g/mol. The average molecular weight is 1130 g/mol. The van der Waals surface area contributed by atoms with Crippen molar-refractivity contribution < 1.29 is 150 Å². The summed E-state index contributed by atoms with van der Waals surface area (Å²) in [6.07, 6.45) is -0.903. The zero-order chi connectivity index (χ0) is 55.1. The first-order valence-electron chi connectivity index (χ1n) is 17.5. The zero-order valence-corrected chi connectivity index (χ0v) is 33.7. The number of nitrogens with one attached hydrogen (secondary N) is 2. The fraction of sp³-hybridized carbons (Fsp3) is 0.933. The highest BCUT2D eigenvalue weighted by atomic mass is 35.5. The van der Waals surface area contributed by atoms with Gasteiger partial charge in [0.15, 0.2) is 0 Å². The summed E-state index contributed by atoms with van der Waals surface area (Å²) in [6, 6.07) is 0. The number of carbonyl (C=O) groups is 2. The van der Waals surface area contributed by atoms with E-state index in [0.29, 0.717) is 0 Å². The Morgan fingerprint density at radius 2 is 0.397 bits per heavy atom. The van der Waals surface area contributed by atoms with Crippen LogP contribution in [0.4, 0.5) is 140 Å². The lowest BCUT2D eigenvalue weighted by Crippen LogP contribution is -2.75. The van der Waals surface area contributed by atoms with Crippen molar-refractivity contribution in [3.05, 3.63) is 0 Å². The third-order valence-electron chi connectivity index (χ3n) is 9.19. The molecule has 406 valence electrons. The molecule has 0 aliphatic carbocycles. The number of rotatable bonds is 29. The molecule has 0 saturated heterocycles. The summed E-state index contributed by atoms with van der Waals surface area (Å²) >= 11 is 6.83. The first kappa shape index (κ1) is 65.3. The Bertz CT molecular complexity index is 1590. The van der Waals surface area contributed by atoms with Crippen molar-refractivity contribution in [2.24, 2.45) is 0 Å². The van der Waals surface area contributed by atoms with Gasteiger partial charge in [-0.05, 0) is 36.0 Å². The van der Waals surface area contributed by atoms with Gasteiger partial charge in [-0.15, -0.1) is 0 Å². The molecule has 0 aromatic heterocycles. The summed E-state index contributed by atoms with van der Waals surface area (Å²) in [5, 5.41) is -12.4. The van der Waals surface area contributed by atoms with E-state index in [4.69, 9.17) is 0 Å². The van der Waals surface area contributed by atoms with Crippen LogP contribution in [0.1, 0.15) is 64.2 Å². The highest BCUT2D eigenvalue weighted by Gasteiger charge is 2.97. The number of halogens is 34. The molecule has 0 bridgehead atoms. The van der Waals surface area contributed by atoms with Gasteiger partial charge >= 0.3 is 93.7 Å². The minimum absolute atomic E-state index is 0.00769. The summed E-state index contributed by atoms with van der Waals surface area (Å²) in [5.41, 5.74) is 0. The van der Waals surface area contributed by atoms with E-state index >= 15 is 0 Å². The topological polar surface area (TPSA) is 58.2 Å². The maximum Gasteiger partial charge on any atom is 0.393 e. The van der Waals surface area contributed by atoms with Crippen molar-refractivity contribution in [1.29, 1.82) is 0 Å². The fourth-order valence-electron chi connectivity index (χ4n) is 4.90. The van der Waals surface area contributed by atoms with E-state index in [9.17, 15) is 150 Å². The van der Waals surface area contributed by atoms with E-state index in [-0.39, 0.29) is 51.4 Å². The second-order valence-electron chi connectivity index (χ2n) is 14.1. The van der Waals surface area contributed by atoms with Crippen LogP contribution in [-0.4, -0.2) is 119 Å². The largest absolute Gasteiger partial charge is 0.393 e. The van der Waals surface area contributed by atoms with Crippen LogP contribution >= 0.6 is 23.2 Å². The maximum absolute atomic E-state index is 14.0. The molecule has 0 aliphatic rings. The van der Waals surface area contributed by atoms with Gasteiger partial charge in [-0.2, -0.15) is 140 Å². The SMILES string of the molecule is O=C(NCCCCCCCCCCCCNC(=O)C(F)(F)C(F)(F)C(F)(F)C(F)(F)C(F)(F)C(F)(F)C(F)(F)C(F)(F)Cl)C(F)(F)C(F)(F)C(F)(F)C(F)(F)C(F)(F)C(F)(F)C(F)(F)C(F)(F)Cl. The molecular weight excluding hydrogens is 1100 g/mol. The van der Waals surface area contributed by atoms with Crippen LogP contribution < -0.4 is 10.6 Å². The van der Waals surface area contributed by atoms with E-state index in [1.165, 1.54) is 0 Å². The molecule has 4 nitrogen and oxygen atoms in total. The Labute approximate surface area is 367 Å². The highest BCUT2D eigenvalue weighted by molar-refractivity contribution is 6.22. The number of unbranched alkanes of at least 4 members (excludes halogenated alkanes) is 9. The van der Waals surface area contributed by atoms with Gasteiger partial charge < -0.3 is 10.6 Å². The first-order valence-corrected chi connectivity index (χ1v) is 18.3. The van der Waals surface area contributed by atoms with Gasteiger partial charge in [-0.3, -0.25) is 9.59 Å². The lowest BCUT2D eigenvalue weighted by molar-refractivity contribution is -0.446. The Morgan fingerprint density at radius 1 is 0.250 bits per heavy atom. The standard InChI is InChI=1S/C30H26Cl2F32N2O2/c31-29(61,62)27(57,58)25(53,54)23(49,50)21(45,46)19(41,42)17(37,38)15(33,34)13(67)65-11-9-7-5-3-1-2-4-6-8-10-12-66-14(68)16(35,36)18(39,40)20(43,44)22(47,48)24(51,52)26(55,56)28(59,60)30(32,63)64/h1-12H2,(H,65,67)(H,66,68). The second-order valence-corrected chi connectivity index (χ2v) is 15.0. The lowest BCUT2D eigenvalue weighted by atomic mass is 9.89. The Hall–Kier alpha value is -2.72. The van der Waals surface area contributed by atoms with Gasteiger partial charge in [0.1, 0.15) is 0 Å². The molecule has 2 amide bonds. The van der Waals surface area contributed by atoms with Crippen molar-refractivity contribution in [2.75, 3.05) is 13.1 Å². The maximum atomic E-state index is 14.0. The minimum Gasteiger partial charge on any atom is -0.351 e. The molecule has 0 atom stereocenters. The quantitative estimate of drug-likeness (QED) is 0.0445. The molecule has 0 radical (unpaired) electrons. The highest BCUT2D eigenvalue weighted by Crippen LogP contribution is 2.66. The van der Waals surface area contributed by atoms with Crippen molar-refractivity contribution >= 4 is 35.0 Å². The molecule has 0 saturated carbocycles. The predicted octanol–water partition coefficient (Wildman–Crippen LogP) is 13.7. The van der Waals surface area contributed by atoms with E-state index in [1.807, 2.05) is 0 Å². The Morgan fingerprint density at radius 3 is 0.574 bits per heavy atom. The molecule has 0 rings (SSSR count). The summed E-state index contributed by atoms with van der Waals surface area (Å²) in [6.45, 7) is -2.47. The van der Waals surface area contributed by atoms with Crippen LogP contribution in [-0.2, 0) is 9.59 Å². The number of alkyl halides is 34. The summed E-state index contributed by atoms with van der Waals surface area (Å²) < 4.78 is 434. The molecule has 2 N–H and O–H groups in total. The van der Waals surface area contributed by atoms with Crippen LogP contribution in [0.15, 0.2) is 0 Å². The van der Waals surface area contributed by atoms with E-state index in [2.05, 4.69) is 23.2 Å². The third kappa shape index (κ3) is 10.6. The van der Waals surface area contributed by atoms with Gasteiger partial charge in [0.05, 0.1) is 0 Å². The number of hydrogen-bond donors (Lipinski definition) is 2. The first-order chi connectivity index (χ1) is 29.5. The fourth-order valence-corrected chi connectivity index (χ4v) is 5.14. The summed E-state index contributed by atoms with van der Waals surface area (Å²) in [4.78, 5) is 23.0. The molecule has 0 aromatic carbocycles. The molecular formula is C30H26Cl2F32N2O2. The van der Waals surface area contributed by atoms with E-state index in [0.717, 1.165) is 10.6 Å². The van der Waals surface area contributed by atoms with Gasteiger partial charge in [0.2, 0.25) is 0 Å². The number of amides is 2. The van der Waals surface area contributed by atoms with E-state index in [1.54, 1.807) is 0 Å². The van der Waals surface area contributed by atoms with Crippen LogP contribution in [0.25, 0.3) is 0 Å². The van der Waals surface area contributed by atoms with Gasteiger partial charge in [-0.25, -0.2) is 0 Å². The Kier molecular flexibility index (Phi) is 19.3. The van der Waals surface area contributed by atoms with Crippen LogP contribution in [0.3, 0.4) is 0 Å².